The lowest BCUT2D eigenvalue weighted by molar-refractivity contribution is 0.0619. The van der Waals surface area contributed by atoms with Crippen LogP contribution in [-0.4, -0.2) is 46.5 Å². The molecule has 0 unspecified atom stereocenters. The monoisotopic (exact) mass is 447 g/mol. The largest absolute Gasteiger partial charge is 0.460 e. The van der Waals surface area contributed by atoms with Gasteiger partial charge in [0.2, 0.25) is 0 Å². The van der Waals surface area contributed by atoms with Crippen molar-refractivity contribution < 1.29 is 9.21 Å². The minimum atomic E-state index is 0.0421. The number of hydrogen-bond acceptors (Lipinski definition) is 3. The first-order valence-corrected chi connectivity index (χ1v) is 11.3. The van der Waals surface area contributed by atoms with Crippen LogP contribution in [0.3, 0.4) is 0 Å². The van der Waals surface area contributed by atoms with Crippen molar-refractivity contribution in [3.05, 3.63) is 94.3 Å². The van der Waals surface area contributed by atoms with E-state index in [-0.39, 0.29) is 5.91 Å². The van der Waals surface area contributed by atoms with Gasteiger partial charge in [-0.1, -0.05) is 60.1 Å². The summed E-state index contributed by atoms with van der Waals surface area (Å²) in [6, 6.07) is 22.1. The number of aryl methyl sites for hydroxylation is 1. The van der Waals surface area contributed by atoms with Gasteiger partial charge in [0.05, 0.1) is 5.52 Å². The summed E-state index contributed by atoms with van der Waals surface area (Å²) < 4.78 is 7.88. The van der Waals surface area contributed by atoms with Gasteiger partial charge in [-0.3, -0.25) is 9.69 Å². The van der Waals surface area contributed by atoms with Crippen molar-refractivity contribution in [1.29, 1.82) is 0 Å². The van der Waals surface area contributed by atoms with Gasteiger partial charge in [0, 0.05) is 56.4 Å². The lowest BCUT2D eigenvalue weighted by atomic mass is 10.2. The Morgan fingerprint density at radius 2 is 1.66 bits per heavy atom. The fourth-order valence-corrected chi connectivity index (χ4v) is 4.62. The zero-order valence-electron chi connectivity index (χ0n) is 18.1. The molecule has 0 atom stereocenters. The normalized spacial score (nSPS) is 14.9. The highest BCUT2D eigenvalue weighted by atomic mass is 35.5. The molecule has 1 aliphatic heterocycles. The molecule has 1 saturated heterocycles. The first-order valence-electron chi connectivity index (χ1n) is 11.0. The van der Waals surface area contributed by atoms with E-state index < -0.39 is 0 Å². The standard InChI is InChI=1S/C26H26ClN3O2/c1-19-15-23-25(32-19)16-24(30(23)18-21-9-5-6-10-22(21)27)26(31)29-13-11-28(12-14-29)17-20-7-3-2-4-8-20/h2-10,15-16H,11-14,17-18H2,1H3. The van der Waals surface area contributed by atoms with E-state index in [1.54, 1.807) is 0 Å². The molecule has 5 nitrogen and oxygen atoms in total. The van der Waals surface area contributed by atoms with Crippen molar-refractivity contribution in [3.63, 3.8) is 0 Å². The number of hydrogen-bond donors (Lipinski definition) is 0. The van der Waals surface area contributed by atoms with Gasteiger partial charge >= 0.3 is 0 Å². The summed E-state index contributed by atoms with van der Waals surface area (Å²) in [4.78, 5) is 17.9. The summed E-state index contributed by atoms with van der Waals surface area (Å²) in [6.45, 7) is 6.51. The van der Waals surface area contributed by atoms with Gasteiger partial charge in [0.15, 0.2) is 5.58 Å². The number of carbonyl (C=O) groups excluding carboxylic acids is 1. The summed E-state index contributed by atoms with van der Waals surface area (Å²) in [7, 11) is 0. The van der Waals surface area contributed by atoms with Gasteiger partial charge in [0.1, 0.15) is 11.5 Å². The van der Waals surface area contributed by atoms with Crippen molar-refractivity contribution >= 4 is 28.6 Å². The second-order valence-electron chi connectivity index (χ2n) is 8.37. The van der Waals surface area contributed by atoms with E-state index in [0.717, 1.165) is 42.1 Å². The third kappa shape index (κ3) is 4.18. The third-order valence-electron chi connectivity index (χ3n) is 6.13. The average molecular weight is 448 g/mol. The van der Waals surface area contributed by atoms with Crippen LogP contribution in [0.25, 0.3) is 11.1 Å². The van der Waals surface area contributed by atoms with E-state index in [2.05, 4.69) is 29.2 Å². The molecule has 32 heavy (non-hydrogen) atoms. The van der Waals surface area contributed by atoms with Crippen molar-refractivity contribution in [2.24, 2.45) is 0 Å². The van der Waals surface area contributed by atoms with Gasteiger partial charge in [-0.05, 0) is 24.1 Å². The second-order valence-corrected chi connectivity index (χ2v) is 8.77. The fraction of sp³-hybridized carbons (Fsp3) is 0.269. The molecule has 0 radical (unpaired) electrons. The Hall–Kier alpha value is -3.02. The molecule has 6 heteroatoms. The molecule has 0 bridgehead atoms. The molecule has 0 aliphatic carbocycles. The molecule has 0 N–H and O–H groups in total. The Morgan fingerprint density at radius 3 is 2.41 bits per heavy atom. The number of halogens is 1. The molecule has 1 amide bonds. The van der Waals surface area contributed by atoms with Gasteiger partial charge < -0.3 is 13.9 Å². The van der Waals surface area contributed by atoms with Gasteiger partial charge in [-0.2, -0.15) is 0 Å². The van der Waals surface area contributed by atoms with Crippen molar-refractivity contribution in [2.45, 2.75) is 20.0 Å². The van der Waals surface area contributed by atoms with Crippen LogP contribution < -0.4 is 0 Å². The lowest BCUT2D eigenvalue weighted by Gasteiger charge is -2.35. The molecule has 0 saturated carbocycles. The molecular formula is C26H26ClN3O2. The Kier molecular flexibility index (Phi) is 5.77. The summed E-state index contributed by atoms with van der Waals surface area (Å²) >= 11 is 6.42. The summed E-state index contributed by atoms with van der Waals surface area (Å²) in [5.74, 6) is 0.872. The van der Waals surface area contributed by atoms with E-state index in [1.807, 2.05) is 58.9 Å². The number of benzene rings is 2. The number of furan rings is 1. The molecule has 3 heterocycles. The Bertz CT molecular complexity index is 1240. The molecule has 5 rings (SSSR count). The molecule has 164 valence electrons. The van der Waals surface area contributed by atoms with Crippen LogP contribution in [0.1, 0.15) is 27.4 Å². The highest BCUT2D eigenvalue weighted by Crippen LogP contribution is 2.27. The van der Waals surface area contributed by atoms with Crippen LogP contribution in [0, 0.1) is 6.92 Å². The van der Waals surface area contributed by atoms with Crippen LogP contribution in [0.15, 0.2) is 71.1 Å². The number of aromatic nitrogens is 1. The summed E-state index contributed by atoms with van der Waals surface area (Å²) in [5, 5.41) is 0.697. The maximum atomic E-state index is 13.5. The molecular weight excluding hydrogens is 422 g/mol. The van der Waals surface area contributed by atoms with Crippen molar-refractivity contribution in [3.8, 4) is 0 Å². The van der Waals surface area contributed by atoms with Crippen LogP contribution in [0.2, 0.25) is 5.02 Å². The molecule has 1 fully saturated rings. The van der Waals surface area contributed by atoms with E-state index in [1.165, 1.54) is 5.56 Å². The average Bonchev–Trinajstić information content (AvgIpc) is 3.33. The maximum absolute atomic E-state index is 13.5. The maximum Gasteiger partial charge on any atom is 0.270 e. The predicted molar refractivity (Wildman–Crippen MR) is 127 cm³/mol. The van der Waals surface area contributed by atoms with Crippen LogP contribution in [0.4, 0.5) is 0 Å². The Balaban J connectivity index is 1.36. The number of nitrogens with zero attached hydrogens (tertiary/aromatic N) is 3. The Labute approximate surface area is 192 Å². The minimum Gasteiger partial charge on any atom is -0.460 e. The van der Waals surface area contributed by atoms with Crippen LogP contribution >= 0.6 is 11.6 Å². The van der Waals surface area contributed by atoms with E-state index in [0.29, 0.717) is 30.4 Å². The highest BCUT2D eigenvalue weighted by molar-refractivity contribution is 6.31. The smallest absolute Gasteiger partial charge is 0.270 e. The number of rotatable bonds is 5. The SMILES string of the molecule is Cc1cc2c(cc(C(=O)N3CCN(Cc4ccccc4)CC3)n2Cc2ccccc2Cl)o1. The van der Waals surface area contributed by atoms with E-state index in [9.17, 15) is 4.79 Å². The zero-order chi connectivity index (χ0) is 22.1. The number of fused-ring (bicyclic) bond motifs is 1. The molecule has 0 spiro atoms. The molecule has 1 aliphatic rings. The van der Waals surface area contributed by atoms with Crippen LogP contribution in [0.5, 0.6) is 0 Å². The molecule has 2 aromatic carbocycles. The van der Waals surface area contributed by atoms with Crippen LogP contribution in [-0.2, 0) is 13.1 Å². The topological polar surface area (TPSA) is 41.6 Å². The number of amides is 1. The van der Waals surface area contributed by atoms with Crippen molar-refractivity contribution in [2.75, 3.05) is 26.2 Å². The van der Waals surface area contributed by atoms with Crippen molar-refractivity contribution in [1.82, 2.24) is 14.4 Å². The highest BCUT2D eigenvalue weighted by Gasteiger charge is 2.26. The fourth-order valence-electron chi connectivity index (χ4n) is 4.42. The number of piperazine rings is 1. The Morgan fingerprint density at radius 1 is 0.938 bits per heavy atom. The van der Waals surface area contributed by atoms with E-state index in [4.69, 9.17) is 16.0 Å². The van der Waals surface area contributed by atoms with Gasteiger partial charge in [-0.25, -0.2) is 0 Å². The quantitative estimate of drug-likeness (QED) is 0.422. The van der Waals surface area contributed by atoms with Gasteiger partial charge in [0.25, 0.3) is 5.91 Å². The summed E-state index contributed by atoms with van der Waals surface area (Å²) in [5.41, 5.74) is 4.59. The number of carbonyl (C=O) groups is 1. The molecule has 4 aromatic rings. The first kappa shape index (κ1) is 20.9. The third-order valence-corrected chi connectivity index (χ3v) is 6.50. The lowest BCUT2D eigenvalue weighted by Crippen LogP contribution is -2.48. The zero-order valence-corrected chi connectivity index (χ0v) is 18.9. The predicted octanol–water partition coefficient (Wildman–Crippen LogP) is 5.20. The van der Waals surface area contributed by atoms with E-state index >= 15 is 0 Å². The molecule has 2 aromatic heterocycles. The minimum absolute atomic E-state index is 0.0421. The first-order chi connectivity index (χ1) is 15.6. The summed E-state index contributed by atoms with van der Waals surface area (Å²) in [6.07, 6.45) is 0. The van der Waals surface area contributed by atoms with Gasteiger partial charge in [-0.15, -0.1) is 0 Å². The second kappa shape index (κ2) is 8.85.